The van der Waals surface area contributed by atoms with Crippen LogP contribution in [0.3, 0.4) is 0 Å². The lowest BCUT2D eigenvalue weighted by atomic mass is 10.1. The van der Waals surface area contributed by atoms with Crippen molar-refractivity contribution in [3.05, 3.63) is 101 Å². The van der Waals surface area contributed by atoms with E-state index in [0.717, 1.165) is 33.8 Å². The molecule has 1 aliphatic heterocycles. The molecule has 8 heteroatoms. The largest absolute Gasteiger partial charge is 0.362 e. The van der Waals surface area contributed by atoms with E-state index in [1.165, 1.54) is 6.07 Å². The molecule has 180 valence electrons. The number of H-pyrrole nitrogens is 1. The van der Waals surface area contributed by atoms with Crippen molar-refractivity contribution in [1.82, 2.24) is 4.98 Å². The fourth-order valence-electron chi connectivity index (χ4n) is 4.01. The summed E-state index contributed by atoms with van der Waals surface area (Å²) in [6.07, 6.45) is 3.63. The van der Waals surface area contributed by atoms with E-state index in [4.69, 9.17) is 0 Å². The lowest BCUT2D eigenvalue weighted by Gasteiger charge is -2.14. The summed E-state index contributed by atoms with van der Waals surface area (Å²) in [5.74, 6) is -0.660. The number of aromatic nitrogens is 1. The summed E-state index contributed by atoms with van der Waals surface area (Å²) in [6, 6.07) is 18.9. The normalized spacial score (nSPS) is 13.3. The quantitative estimate of drug-likeness (QED) is 0.206. The highest BCUT2D eigenvalue weighted by Crippen LogP contribution is 2.36. The summed E-state index contributed by atoms with van der Waals surface area (Å²) in [5.41, 5.74) is 7.00. The van der Waals surface area contributed by atoms with Gasteiger partial charge in [0.05, 0.1) is 16.9 Å². The van der Waals surface area contributed by atoms with Crippen LogP contribution in [0, 0.1) is 19.7 Å². The van der Waals surface area contributed by atoms with Crippen LogP contribution >= 0.6 is 0 Å². The maximum absolute atomic E-state index is 14.0. The van der Waals surface area contributed by atoms with E-state index in [2.05, 4.69) is 26.3 Å². The molecule has 0 bridgehead atoms. The minimum atomic E-state index is -0.545. The molecule has 2 heterocycles. The molecule has 3 aromatic carbocycles. The number of benzene rings is 3. The molecule has 0 saturated carbocycles. The van der Waals surface area contributed by atoms with Crippen molar-refractivity contribution in [3.8, 4) is 0 Å². The third kappa shape index (κ3) is 4.83. The Morgan fingerprint density at radius 2 is 1.75 bits per heavy atom. The Kier molecular flexibility index (Phi) is 6.00. The number of hydrogen-bond acceptors (Lipinski definition) is 3. The highest BCUT2D eigenvalue weighted by molar-refractivity contribution is 6.35. The highest BCUT2D eigenvalue weighted by Gasteiger charge is 2.24. The number of anilines is 5. The zero-order valence-corrected chi connectivity index (χ0v) is 19.7. The molecular formula is C28H24FN5O2. The molecule has 1 aliphatic rings. The number of halogens is 1. The van der Waals surface area contributed by atoms with Gasteiger partial charge >= 0.3 is 6.03 Å². The van der Waals surface area contributed by atoms with Crippen molar-refractivity contribution in [3.63, 3.8) is 0 Å². The predicted molar refractivity (Wildman–Crippen MR) is 142 cm³/mol. The summed E-state index contributed by atoms with van der Waals surface area (Å²) in [4.78, 5) is 28.0. The maximum Gasteiger partial charge on any atom is 0.323 e. The minimum Gasteiger partial charge on any atom is -0.362 e. The number of amides is 3. The van der Waals surface area contributed by atoms with Crippen LogP contribution in [0.5, 0.6) is 0 Å². The van der Waals surface area contributed by atoms with Crippen molar-refractivity contribution in [1.29, 1.82) is 0 Å². The lowest BCUT2D eigenvalue weighted by molar-refractivity contribution is -0.110. The van der Waals surface area contributed by atoms with E-state index in [1.807, 2.05) is 62.5 Å². The second-order valence-corrected chi connectivity index (χ2v) is 8.62. The van der Waals surface area contributed by atoms with E-state index in [1.54, 1.807) is 24.3 Å². The lowest BCUT2D eigenvalue weighted by Crippen LogP contribution is -2.20. The fourth-order valence-corrected chi connectivity index (χ4v) is 4.01. The average molecular weight is 482 g/mol. The fraction of sp³-hybridized carbons (Fsp3) is 0.0714. The topological polar surface area (TPSA) is 98.0 Å². The van der Waals surface area contributed by atoms with Crippen molar-refractivity contribution in [2.45, 2.75) is 13.8 Å². The first-order chi connectivity index (χ1) is 17.4. The zero-order valence-electron chi connectivity index (χ0n) is 19.7. The Labute approximate surface area is 207 Å². The molecule has 5 N–H and O–H groups in total. The number of rotatable bonds is 5. The Morgan fingerprint density at radius 3 is 2.56 bits per heavy atom. The van der Waals surface area contributed by atoms with Gasteiger partial charge in [0.2, 0.25) is 0 Å². The van der Waals surface area contributed by atoms with Gasteiger partial charge in [0.15, 0.2) is 0 Å². The second kappa shape index (κ2) is 9.42. The van der Waals surface area contributed by atoms with Crippen molar-refractivity contribution >= 4 is 52.0 Å². The van der Waals surface area contributed by atoms with Gasteiger partial charge in [-0.1, -0.05) is 18.2 Å². The van der Waals surface area contributed by atoms with Gasteiger partial charge in [0.25, 0.3) is 5.91 Å². The van der Waals surface area contributed by atoms with Gasteiger partial charge in [0, 0.05) is 34.5 Å². The van der Waals surface area contributed by atoms with Gasteiger partial charge in [-0.15, -0.1) is 0 Å². The SMILES string of the molecule is Cc1ccc(F)c(NC(=O)Nc2ccc(C)c(Nc3ccc4c(c3)NC(=O)/C4=C\c3ccc[nH]3)c2)c1. The van der Waals surface area contributed by atoms with Gasteiger partial charge in [0.1, 0.15) is 5.82 Å². The summed E-state index contributed by atoms with van der Waals surface area (Å²) < 4.78 is 14.0. The highest BCUT2D eigenvalue weighted by atomic mass is 19.1. The number of fused-ring (bicyclic) bond motifs is 1. The maximum atomic E-state index is 14.0. The molecule has 1 aromatic heterocycles. The molecule has 0 atom stereocenters. The standard InChI is InChI=1S/C28H24FN5O2/c1-16-5-10-23(29)26(12-16)34-28(36)32-20-7-6-17(2)24(14-20)31-19-8-9-21-22(13-18-4-3-11-30-18)27(35)33-25(21)15-19/h3-15,30-31H,1-2H3,(H,33,35)(H2,32,34,36)/b22-13-. The first kappa shape index (κ1) is 22.9. The van der Waals surface area contributed by atoms with Gasteiger partial charge in [-0.2, -0.15) is 0 Å². The number of carbonyl (C=O) groups excluding carboxylic acids is 2. The van der Waals surface area contributed by atoms with E-state index in [0.29, 0.717) is 16.9 Å². The number of aryl methyl sites for hydroxylation is 2. The third-order valence-corrected chi connectivity index (χ3v) is 5.87. The van der Waals surface area contributed by atoms with Crippen molar-refractivity contribution < 1.29 is 14.0 Å². The van der Waals surface area contributed by atoms with Crippen molar-refractivity contribution in [2.24, 2.45) is 0 Å². The summed E-state index contributed by atoms with van der Waals surface area (Å²) in [7, 11) is 0. The van der Waals surface area contributed by atoms with Crippen LogP contribution in [-0.2, 0) is 4.79 Å². The molecule has 0 unspecified atom stereocenters. The number of carbonyl (C=O) groups is 2. The van der Waals surface area contributed by atoms with Crippen LogP contribution in [-0.4, -0.2) is 16.9 Å². The third-order valence-electron chi connectivity index (χ3n) is 5.87. The Balaban J connectivity index is 1.32. The molecular weight excluding hydrogens is 457 g/mol. The zero-order chi connectivity index (χ0) is 25.2. The Bertz CT molecular complexity index is 1510. The first-order valence-corrected chi connectivity index (χ1v) is 11.4. The van der Waals surface area contributed by atoms with Crippen LogP contribution in [0.25, 0.3) is 11.6 Å². The number of hydrogen-bond donors (Lipinski definition) is 5. The number of urea groups is 1. The van der Waals surface area contributed by atoms with Crippen LogP contribution < -0.4 is 21.3 Å². The molecule has 0 aliphatic carbocycles. The van der Waals surface area contributed by atoms with E-state index in [-0.39, 0.29) is 11.6 Å². The predicted octanol–water partition coefficient (Wildman–Crippen LogP) is 6.65. The number of aromatic amines is 1. The molecule has 4 aromatic rings. The van der Waals surface area contributed by atoms with E-state index >= 15 is 0 Å². The molecule has 0 spiro atoms. The van der Waals surface area contributed by atoms with E-state index in [9.17, 15) is 14.0 Å². The summed E-state index contributed by atoms with van der Waals surface area (Å²) in [6.45, 7) is 3.77. The van der Waals surface area contributed by atoms with Crippen LogP contribution in [0.2, 0.25) is 0 Å². The molecule has 36 heavy (non-hydrogen) atoms. The molecule has 5 rings (SSSR count). The van der Waals surface area contributed by atoms with Crippen LogP contribution in [0.1, 0.15) is 22.4 Å². The van der Waals surface area contributed by atoms with Gasteiger partial charge < -0.3 is 26.3 Å². The Morgan fingerprint density at radius 1 is 0.917 bits per heavy atom. The summed E-state index contributed by atoms with van der Waals surface area (Å²) >= 11 is 0. The smallest absolute Gasteiger partial charge is 0.323 e. The molecule has 0 fully saturated rings. The van der Waals surface area contributed by atoms with Crippen LogP contribution in [0.15, 0.2) is 72.9 Å². The van der Waals surface area contributed by atoms with Gasteiger partial charge in [-0.05, 0) is 79.6 Å². The molecule has 7 nitrogen and oxygen atoms in total. The van der Waals surface area contributed by atoms with E-state index < -0.39 is 11.8 Å². The summed E-state index contributed by atoms with van der Waals surface area (Å²) in [5, 5.41) is 11.5. The first-order valence-electron chi connectivity index (χ1n) is 11.4. The minimum absolute atomic E-state index is 0.114. The van der Waals surface area contributed by atoms with Gasteiger partial charge in [-0.25, -0.2) is 9.18 Å². The van der Waals surface area contributed by atoms with Crippen LogP contribution in [0.4, 0.5) is 37.6 Å². The molecule has 0 radical (unpaired) electrons. The Hall–Kier alpha value is -4.85. The van der Waals surface area contributed by atoms with Crippen molar-refractivity contribution in [2.75, 3.05) is 21.3 Å². The number of nitrogens with one attached hydrogen (secondary N) is 5. The average Bonchev–Trinajstić information content (AvgIpc) is 3.46. The molecule has 3 amide bonds. The second-order valence-electron chi connectivity index (χ2n) is 8.62. The van der Waals surface area contributed by atoms with Gasteiger partial charge in [-0.3, -0.25) is 4.79 Å². The monoisotopic (exact) mass is 481 g/mol. The molecule has 0 saturated heterocycles.